The Kier molecular flexibility index (Phi) is 12.7. The molecular weight excluding hydrogens is 676 g/mol. The lowest BCUT2D eigenvalue weighted by atomic mass is 9.43. The summed E-state index contributed by atoms with van der Waals surface area (Å²) in [6, 6.07) is 0. The first-order valence-corrected chi connectivity index (χ1v) is 19.2. The molecule has 1 aliphatic heterocycles. The molecule has 0 spiro atoms. The van der Waals surface area contributed by atoms with Crippen LogP contribution < -0.4 is 0 Å². The molecule has 0 radical (unpaired) electrons. The summed E-state index contributed by atoms with van der Waals surface area (Å²) in [5.74, 6) is -0.475. The maximum absolute atomic E-state index is 12.3. The fourth-order valence-electron chi connectivity index (χ4n) is 11.5. The Bertz CT molecular complexity index is 1330. The second-order valence-electron chi connectivity index (χ2n) is 16.7. The molecule has 15 atom stereocenters. The molecule has 13 heteroatoms. The Labute approximate surface area is 307 Å². The van der Waals surface area contributed by atoms with Crippen molar-refractivity contribution < 1.29 is 62.2 Å². The molecule has 5 fully saturated rings. The third-order valence-electron chi connectivity index (χ3n) is 13.7. The summed E-state index contributed by atoms with van der Waals surface area (Å²) in [6.07, 6.45) is 1.54. The fourth-order valence-corrected chi connectivity index (χ4v) is 11.5. The van der Waals surface area contributed by atoms with E-state index >= 15 is 0 Å². The van der Waals surface area contributed by atoms with Gasteiger partial charge in [0.1, 0.15) is 12.7 Å². The van der Waals surface area contributed by atoms with E-state index in [0.29, 0.717) is 48.9 Å². The van der Waals surface area contributed by atoms with Gasteiger partial charge in [0, 0.05) is 34.1 Å². The van der Waals surface area contributed by atoms with E-state index in [1.165, 1.54) is 34.8 Å². The first-order chi connectivity index (χ1) is 24.5. The lowest BCUT2D eigenvalue weighted by Gasteiger charge is -2.62. The van der Waals surface area contributed by atoms with Gasteiger partial charge in [0.15, 0.2) is 24.6 Å². The molecule has 0 unspecified atom stereocenters. The molecule has 4 aliphatic carbocycles. The second kappa shape index (κ2) is 16.3. The Morgan fingerprint density at radius 2 is 1.38 bits per heavy atom. The van der Waals surface area contributed by atoms with Crippen molar-refractivity contribution in [1.29, 1.82) is 0 Å². The lowest BCUT2D eigenvalue weighted by molar-refractivity contribution is -0.322. The van der Waals surface area contributed by atoms with Crippen LogP contribution in [0, 0.1) is 46.3 Å². The molecule has 0 aromatic rings. The number of aliphatic hydroxyl groups is 1. The molecule has 52 heavy (non-hydrogen) atoms. The van der Waals surface area contributed by atoms with Crippen LogP contribution in [0.3, 0.4) is 0 Å². The third kappa shape index (κ3) is 8.31. The molecule has 1 N–H and O–H groups in total. The van der Waals surface area contributed by atoms with E-state index in [0.717, 1.165) is 44.9 Å². The van der Waals surface area contributed by atoms with Crippen LogP contribution in [-0.4, -0.2) is 91.6 Å². The number of methoxy groups -OCH3 is 1. The summed E-state index contributed by atoms with van der Waals surface area (Å²) >= 11 is 0. The van der Waals surface area contributed by atoms with Gasteiger partial charge >= 0.3 is 29.8 Å². The van der Waals surface area contributed by atoms with Crippen LogP contribution in [0.1, 0.15) is 113 Å². The summed E-state index contributed by atoms with van der Waals surface area (Å²) in [7, 11) is 1.44. The standard InChI is InChI=1S/C39H60O13/c1-20(9-12-33(45)46-8)27-10-11-28-26-18-31(44)30-17-25(13-15-39(30,7)29(26)14-16-38(27,28)6)51-37-36(50-24(5)43)35(49-23(4)42)34(48-22(3)41)32(52-37)19-47-21(2)40/h20,25-32,34-37,44H,9-19H2,1-8H3/t20-,25-,26+,27-,28+,29+,30+,31-,32-,34-,35+,36-,37-,38-,39-/m1/s1. The zero-order valence-electron chi connectivity index (χ0n) is 32.1. The van der Waals surface area contributed by atoms with E-state index in [1.807, 2.05) is 0 Å². The highest BCUT2D eigenvalue weighted by Gasteiger charge is 2.63. The Hall–Kier alpha value is -2.77. The van der Waals surface area contributed by atoms with Gasteiger partial charge in [-0.2, -0.15) is 0 Å². The van der Waals surface area contributed by atoms with Crippen LogP contribution in [0.5, 0.6) is 0 Å². The van der Waals surface area contributed by atoms with Crippen molar-refractivity contribution in [2.45, 2.75) is 156 Å². The number of aliphatic hydroxyl groups excluding tert-OH is 1. The van der Waals surface area contributed by atoms with E-state index < -0.39 is 60.7 Å². The minimum Gasteiger partial charge on any atom is -0.469 e. The lowest BCUT2D eigenvalue weighted by Crippen LogP contribution is -2.64. The number of hydrogen-bond acceptors (Lipinski definition) is 13. The predicted molar refractivity (Wildman–Crippen MR) is 184 cm³/mol. The number of carbonyl (C=O) groups excluding carboxylic acids is 5. The quantitative estimate of drug-likeness (QED) is 0.177. The zero-order chi connectivity index (χ0) is 38.1. The minimum atomic E-state index is -1.30. The topological polar surface area (TPSA) is 170 Å². The van der Waals surface area contributed by atoms with Crippen LogP contribution in [0.25, 0.3) is 0 Å². The van der Waals surface area contributed by atoms with Crippen LogP contribution in [-0.2, 0) is 57.1 Å². The van der Waals surface area contributed by atoms with Crippen molar-refractivity contribution in [3.63, 3.8) is 0 Å². The first-order valence-electron chi connectivity index (χ1n) is 19.2. The van der Waals surface area contributed by atoms with Gasteiger partial charge in [-0.25, -0.2) is 0 Å². The summed E-state index contributed by atoms with van der Waals surface area (Å²) in [4.78, 5) is 60.4. The molecule has 0 aromatic heterocycles. The number of esters is 5. The van der Waals surface area contributed by atoms with Crippen LogP contribution in [0.4, 0.5) is 0 Å². The minimum absolute atomic E-state index is 0.0290. The van der Waals surface area contributed by atoms with E-state index in [4.69, 9.17) is 33.2 Å². The molecular formula is C39H60O13. The summed E-state index contributed by atoms with van der Waals surface area (Å²) < 4.78 is 39.7. The molecule has 0 bridgehead atoms. The molecule has 0 amide bonds. The van der Waals surface area contributed by atoms with E-state index in [1.54, 1.807) is 0 Å². The molecule has 294 valence electrons. The molecule has 0 aromatic carbocycles. The van der Waals surface area contributed by atoms with E-state index in [2.05, 4.69) is 20.8 Å². The monoisotopic (exact) mass is 736 g/mol. The van der Waals surface area contributed by atoms with Crippen molar-refractivity contribution in [1.82, 2.24) is 0 Å². The van der Waals surface area contributed by atoms with E-state index in [9.17, 15) is 29.1 Å². The second-order valence-corrected chi connectivity index (χ2v) is 16.7. The van der Waals surface area contributed by atoms with Crippen molar-refractivity contribution in [2.75, 3.05) is 13.7 Å². The summed E-state index contributed by atoms with van der Waals surface area (Å²) in [6.45, 7) is 11.6. The van der Waals surface area contributed by atoms with Gasteiger partial charge in [0.25, 0.3) is 0 Å². The predicted octanol–water partition coefficient (Wildman–Crippen LogP) is 4.67. The molecule has 5 rings (SSSR count). The van der Waals surface area contributed by atoms with Crippen molar-refractivity contribution >= 4 is 29.8 Å². The highest BCUT2D eigenvalue weighted by atomic mass is 16.7. The van der Waals surface area contributed by atoms with Crippen LogP contribution >= 0.6 is 0 Å². The van der Waals surface area contributed by atoms with Gasteiger partial charge in [-0.15, -0.1) is 0 Å². The average Bonchev–Trinajstić information content (AvgIpc) is 3.42. The number of carbonyl (C=O) groups is 5. The van der Waals surface area contributed by atoms with Gasteiger partial charge < -0.3 is 38.3 Å². The normalized spacial score (nSPS) is 41.6. The highest BCUT2D eigenvalue weighted by molar-refractivity contribution is 5.69. The number of rotatable bonds is 11. The fraction of sp³-hybridized carbons (Fsp3) is 0.872. The third-order valence-corrected chi connectivity index (χ3v) is 13.7. The molecule has 5 aliphatic rings. The van der Waals surface area contributed by atoms with Crippen LogP contribution in [0.2, 0.25) is 0 Å². The van der Waals surface area contributed by atoms with Gasteiger partial charge in [-0.3, -0.25) is 24.0 Å². The SMILES string of the molecule is COC(=O)CC[C@@H](C)[C@H]1CC[C@H]2[C@@H]3C[C@@H](O)[C@@H]4C[C@H](O[C@@H]5O[C@H](COC(C)=O)[C@@H](OC(C)=O)[C@H](OC(C)=O)[C@H]5OC(C)=O)CC[C@]4(C)[C@H]3CC[C@]12C. The van der Waals surface area contributed by atoms with Gasteiger partial charge in [0.2, 0.25) is 0 Å². The number of ether oxygens (including phenoxy) is 7. The highest BCUT2D eigenvalue weighted by Crippen LogP contribution is 2.68. The van der Waals surface area contributed by atoms with Crippen molar-refractivity contribution in [2.24, 2.45) is 46.3 Å². The smallest absolute Gasteiger partial charge is 0.305 e. The molecule has 1 saturated heterocycles. The Balaban J connectivity index is 1.33. The zero-order valence-corrected chi connectivity index (χ0v) is 32.1. The number of hydrogen-bond donors (Lipinski definition) is 1. The molecule has 4 saturated carbocycles. The van der Waals surface area contributed by atoms with Gasteiger partial charge in [-0.1, -0.05) is 20.8 Å². The molecule has 13 nitrogen and oxygen atoms in total. The number of fused-ring (bicyclic) bond motifs is 5. The maximum atomic E-state index is 12.3. The average molecular weight is 737 g/mol. The van der Waals surface area contributed by atoms with Gasteiger partial charge in [-0.05, 0) is 104 Å². The largest absolute Gasteiger partial charge is 0.469 e. The summed E-state index contributed by atoms with van der Waals surface area (Å²) in [5, 5.41) is 11.9. The van der Waals surface area contributed by atoms with Crippen LogP contribution in [0.15, 0.2) is 0 Å². The first kappa shape index (κ1) is 40.4. The Morgan fingerprint density at radius 1 is 0.769 bits per heavy atom. The molecule has 1 heterocycles. The Morgan fingerprint density at radius 3 is 2.02 bits per heavy atom. The summed E-state index contributed by atoms with van der Waals surface area (Å²) in [5.41, 5.74) is 0.0778. The maximum Gasteiger partial charge on any atom is 0.305 e. The van der Waals surface area contributed by atoms with Crippen molar-refractivity contribution in [3.8, 4) is 0 Å². The van der Waals surface area contributed by atoms with Crippen molar-refractivity contribution in [3.05, 3.63) is 0 Å². The van der Waals surface area contributed by atoms with Gasteiger partial charge in [0.05, 0.1) is 19.3 Å². The van der Waals surface area contributed by atoms with E-state index in [-0.39, 0.29) is 35.4 Å².